The van der Waals surface area contributed by atoms with Crippen LogP contribution in [0.2, 0.25) is 0 Å². The molecule has 0 radical (unpaired) electrons. The molecular weight excluding hydrogens is 304 g/mol. The molecular formula is C15H18N2O4S. The number of benzene rings is 1. The molecule has 1 aromatic heterocycles. The van der Waals surface area contributed by atoms with E-state index in [0.29, 0.717) is 11.1 Å². The minimum Gasteiger partial charge on any atom is -0.478 e. The van der Waals surface area contributed by atoms with Crippen molar-refractivity contribution in [3.63, 3.8) is 0 Å². The second-order valence-corrected chi connectivity index (χ2v) is 6.92. The minimum absolute atomic E-state index is 0.000702. The summed E-state index contributed by atoms with van der Waals surface area (Å²) in [5.41, 5.74) is 2.00. The Morgan fingerprint density at radius 1 is 1.32 bits per heavy atom. The van der Waals surface area contributed by atoms with Gasteiger partial charge in [0.25, 0.3) is 0 Å². The molecule has 0 amide bonds. The summed E-state index contributed by atoms with van der Waals surface area (Å²) in [5, 5.41) is 9.18. The number of sulfonamides is 1. The molecule has 0 aliphatic carbocycles. The first-order chi connectivity index (χ1) is 10.2. The fraction of sp³-hybridized carbons (Fsp3) is 0.267. The molecule has 2 N–H and O–H groups in total. The number of carbonyl (C=O) groups is 1. The van der Waals surface area contributed by atoms with E-state index in [1.54, 1.807) is 13.8 Å². The average molecular weight is 322 g/mol. The van der Waals surface area contributed by atoms with Crippen molar-refractivity contribution < 1.29 is 18.3 Å². The number of aromatic carboxylic acids is 1. The third kappa shape index (κ3) is 3.20. The molecule has 0 fully saturated rings. The maximum atomic E-state index is 12.4. The number of carboxylic acids is 1. The van der Waals surface area contributed by atoms with E-state index in [1.165, 1.54) is 12.1 Å². The summed E-state index contributed by atoms with van der Waals surface area (Å²) in [7, 11) is -1.95. The number of nitrogens with one attached hydrogen (secondary N) is 1. The van der Waals surface area contributed by atoms with E-state index in [1.807, 2.05) is 29.9 Å². The number of hydrogen-bond donors (Lipinski definition) is 2. The van der Waals surface area contributed by atoms with E-state index in [9.17, 15) is 18.3 Å². The predicted octanol–water partition coefficient (Wildman–Crippen LogP) is 1.82. The molecule has 0 aliphatic rings. The molecule has 0 unspecified atom stereocenters. The number of nitrogens with zero attached hydrogens (tertiary/aromatic N) is 1. The van der Waals surface area contributed by atoms with Gasteiger partial charge in [-0.2, -0.15) is 0 Å². The maximum Gasteiger partial charge on any atom is 0.336 e. The van der Waals surface area contributed by atoms with Gasteiger partial charge < -0.3 is 9.67 Å². The van der Waals surface area contributed by atoms with E-state index in [2.05, 4.69) is 4.72 Å². The van der Waals surface area contributed by atoms with Crippen molar-refractivity contribution in [2.75, 3.05) is 0 Å². The summed E-state index contributed by atoms with van der Waals surface area (Å²) in [4.78, 5) is 11.2. The summed E-state index contributed by atoms with van der Waals surface area (Å²) < 4.78 is 29.0. The third-order valence-corrected chi connectivity index (χ3v) is 5.06. The fourth-order valence-corrected chi connectivity index (χ4v) is 3.25. The number of hydrogen-bond acceptors (Lipinski definition) is 3. The normalized spacial score (nSPS) is 11.6. The predicted molar refractivity (Wildman–Crippen MR) is 82.3 cm³/mol. The molecule has 2 aromatic rings. The Morgan fingerprint density at radius 3 is 2.55 bits per heavy atom. The summed E-state index contributed by atoms with van der Waals surface area (Å²) in [5.74, 6) is -1.14. The van der Waals surface area contributed by atoms with Gasteiger partial charge in [-0.1, -0.05) is 0 Å². The lowest BCUT2D eigenvalue weighted by Gasteiger charge is -2.11. The highest BCUT2D eigenvalue weighted by molar-refractivity contribution is 7.89. The van der Waals surface area contributed by atoms with Gasteiger partial charge >= 0.3 is 5.97 Å². The van der Waals surface area contributed by atoms with Crippen molar-refractivity contribution in [3.8, 4) is 0 Å². The molecule has 1 aromatic carbocycles. The van der Waals surface area contributed by atoms with Crippen LogP contribution >= 0.6 is 0 Å². The Hall–Kier alpha value is -2.12. The van der Waals surface area contributed by atoms with Crippen LogP contribution in [0.15, 0.2) is 35.4 Å². The zero-order chi connectivity index (χ0) is 16.5. The average Bonchev–Trinajstić information content (AvgIpc) is 2.84. The van der Waals surface area contributed by atoms with E-state index < -0.39 is 16.0 Å². The van der Waals surface area contributed by atoms with Crippen LogP contribution < -0.4 is 4.72 Å². The molecule has 22 heavy (non-hydrogen) atoms. The second-order valence-electron chi connectivity index (χ2n) is 5.15. The molecule has 0 saturated heterocycles. The molecule has 0 atom stereocenters. The first kappa shape index (κ1) is 16.3. The lowest BCUT2D eigenvalue weighted by atomic mass is 10.0. The molecule has 118 valence electrons. The van der Waals surface area contributed by atoms with E-state index in [-0.39, 0.29) is 17.0 Å². The summed E-state index contributed by atoms with van der Waals surface area (Å²) >= 11 is 0. The van der Waals surface area contributed by atoms with E-state index >= 15 is 0 Å². The van der Waals surface area contributed by atoms with Crippen LogP contribution in [0.5, 0.6) is 0 Å². The quantitative estimate of drug-likeness (QED) is 0.879. The zero-order valence-corrected chi connectivity index (χ0v) is 13.4. The molecule has 6 nitrogen and oxygen atoms in total. The molecule has 1 heterocycles. The molecule has 7 heteroatoms. The standard InChI is InChI=1S/C15H18N2O4S/c1-10-7-13(8-14(11(10)2)15(18)19)22(20,21)16-9-12-5-4-6-17(12)3/h4-8,16H,9H2,1-3H3,(H,18,19). The molecule has 2 rings (SSSR count). The van der Waals surface area contributed by atoms with Crippen LogP contribution in [0.25, 0.3) is 0 Å². The number of carboxylic acid groups (broad SMARTS) is 1. The molecule has 0 aliphatic heterocycles. The Morgan fingerprint density at radius 2 is 2.00 bits per heavy atom. The van der Waals surface area contributed by atoms with Crippen molar-refractivity contribution in [2.24, 2.45) is 7.05 Å². The van der Waals surface area contributed by atoms with Gasteiger partial charge in [-0.05, 0) is 49.2 Å². The van der Waals surface area contributed by atoms with Crippen molar-refractivity contribution in [3.05, 3.63) is 52.8 Å². The van der Waals surface area contributed by atoms with E-state index in [0.717, 1.165) is 5.69 Å². The first-order valence-corrected chi connectivity index (χ1v) is 8.15. The Kier molecular flexibility index (Phi) is 4.39. The van der Waals surface area contributed by atoms with Crippen LogP contribution in [0, 0.1) is 13.8 Å². The van der Waals surface area contributed by atoms with Crippen molar-refractivity contribution in [1.29, 1.82) is 0 Å². The summed E-state index contributed by atoms with van der Waals surface area (Å²) in [6.07, 6.45) is 1.82. The third-order valence-electron chi connectivity index (χ3n) is 3.68. The lowest BCUT2D eigenvalue weighted by Crippen LogP contribution is -2.24. The monoisotopic (exact) mass is 322 g/mol. The van der Waals surface area contributed by atoms with Crippen molar-refractivity contribution >= 4 is 16.0 Å². The molecule has 0 bridgehead atoms. The smallest absolute Gasteiger partial charge is 0.336 e. The van der Waals surface area contributed by atoms with Crippen LogP contribution in [0.4, 0.5) is 0 Å². The van der Waals surface area contributed by atoms with Gasteiger partial charge in [0.05, 0.1) is 17.0 Å². The number of aromatic nitrogens is 1. The highest BCUT2D eigenvalue weighted by Gasteiger charge is 2.19. The van der Waals surface area contributed by atoms with Gasteiger partial charge in [0.1, 0.15) is 0 Å². The van der Waals surface area contributed by atoms with Gasteiger partial charge in [-0.3, -0.25) is 0 Å². The number of aryl methyl sites for hydroxylation is 2. The Bertz CT molecular complexity index is 822. The van der Waals surface area contributed by atoms with Crippen molar-refractivity contribution in [1.82, 2.24) is 9.29 Å². The van der Waals surface area contributed by atoms with Gasteiger partial charge in [0.15, 0.2) is 0 Å². The van der Waals surface area contributed by atoms with Gasteiger partial charge in [0.2, 0.25) is 10.0 Å². The largest absolute Gasteiger partial charge is 0.478 e. The summed E-state index contributed by atoms with van der Waals surface area (Å²) in [6, 6.07) is 6.31. The Balaban J connectivity index is 2.33. The maximum absolute atomic E-state index is 12.4. The zero-order valence-electron chi connectivity index (χ0n) is 12.6. The second kappa shape index (κ2) is 5.94. The van der Waals surface area contributed by atoms with Crippen LogP contribution in [0.1, 0.15) is 27.2 Å². The fourth-order valence-electron chi connectivity index (χ4n) is 2.14. The van der Waals surface area contributed by atoms with Gasteiger partial charge in [-0.25, -0.2) is 17.9 Å². The summed E-state index contributed by atoms with van der Waals surface area (Å²) in [6.45, 7) is 3.49. The Labute approximate surface area is 129 Å². The minimum atomic E-state index is -3.78. The molecule has 0 saturated carbocycles. The van der Waals surface area contributed by atoms with Crippen LogP contribution in [-0.2, 0) is 23.6 Å². The lowest BCUT2D eigenvalue weighted by molar-refractivity contribution is 0.0695. The van der Waals surface area contributed by atoms with E-state index in [4.69, 9.17) is 0 Å². The van der Waals surface area contributed by atoms with Crippen LogP contribution in [-0.4, -0.2) is 24.1 Å². The highest BCUT2D eigenvalue weighted by atomic mass is 32.2. The highest BCUT2D eigenvalue weighted by Crippen LogP contribution is 2.20. The first-order valence-electron chi connectivity index (χ1n) is 6.67. The topological polar surface area (TPSA) is 88.4 Å². The van der Waals surface area contributed by atoms with Crippen molar-refractivity contribution in [2.45, 2.75) is 25.3 Å². The number of rotatable bonds is 5. The van der Waals surface area contributed by atoms with Gasteiger partial charge in [-0.15, -0.1) is 0 Å². The SMILES string of the molecule is Cc1cc(S(=O)(=O)NCc2cccn2C)cc(C(=O)O)c1C. The van der Waals surface area contributed by atoms with Crippen LogP contribution in [0.3, 0.4) is 0 Å². The molecule has 0 spiro atoms. The van der Waals surface area contributed by atoms with Gasteiger partial charge in [0, 0.05) is 18.9 Å².